The van der Waals surface area contributed by atoms with Crippen LogP contribution in [-0.4, -0.2) is 56.6 Å². The van der Waals surface area contributed by atoms with Crippen LogP contribution in [0.5, 0.6) is 0 Å². The molecule has 31 heavy (non-hydrogen) atoms. The first-order valence-corrected chi connectivity index (χ1v) is 11.1. The Morgan fingerprint density at radius 3 is 2.45 bits per heavy atom. The van der Waals surface area contributed by atoms with Gasteiger partial charge in [0.25, 0.3) is 0 Å². The molecule has 0 aliphatic carbocycles. The van der Waals surface area contributed by atoms with Crippen LogP contribution in [0.25, 0.3) is 5.82 Å². The molecule has 4 heterocycles. The highest BCUT2D eigenvalue weighted by Gasteiger charge is 2.41. The van der Waals surface area contributed by atoms with E-state index in [4.69, 9.17) is 12.2 Å². The second-order valence-corrected chi connectivity index (χ2v) is 8.71. The SMILES string of the molecule is Cc1cc([C@H]2[C@H](c3ccccn3)NC(=S)N2CCCN(C)C)c(C)n1-c1ccccn1. The summed E-state index contributed by atoms with van der Waals surface area (Å²) >= 11 is 5.80. The summed E-state index contributed by atoms with van der Waals surface area (Å²) in [5.41, 5.74) is 4.62. The van der Waals surface area contributed by atoms with Crippen molar-refractivity contribution in [1.29, 1.82) is 0 Å². The maximum absolute atomic E-state index is 5.80. The lowest BCUT2D eigenvalue weighted by atomic mass is 9.96. The predicted molar refractivity (Wildman–Crippen MR) is 128 cm³/mol. The number of nitrogens with one attached hydrogen (secondary N) is 1. The first kappa shape index (κ1) is 21.5. The Balaban J connectivity index is 1.76. The van der Waals surface area contributed by atoms with Crippen molar-refractivity contribution in [3.8, 4) is 5.82 Å². The zero-order valence-corrected chi connectivity index (χ0v) is 19.4. The van der Waals surface area contributed by atoms with Gasteiger partial charge in [0, 0.05) is 30.3 Å². The van der Waals surface area contributed by atoms with Gasteiger partial charge in [-0.25, -0.2) is 4.98 Å². The maximum Gasteiger partial charge on any atom is 0.170 e. The number of hydrogen-bond acceptors (Lipinski definition) is 4. The molecule has 1 N–H and O–H groups in total. The van der Waals surface area contributed by atoms with Crippen LogP contribution >= 0.6 is 12.2 Å². The van der Waals surface area contributed by atoms with Gasteiger partial charge < -0.3 is 19.7 Å². The minimum absolute atomic E-state index is 0.00531. The molecule has 0 spiro atoms. The third kappa shape index (κ3) is 4.34. The lowest BCUT2D eigenvalue weighted by Gasteiger charge is -2.28. The van der Waals surface area contributed by atoms with Crippen LogP contribution in [0, 0.1) is 13.8 Å². The normalized spacial score (nSPS) is 18.6. The zero-order valence-electron chi connectivity index (χ0n) is 18.6. The van der Waals surface area contributed by atoms with Crippen LogP contribution in [0.3, 0.4) is 0 Å². The highest BCUT2D eigenvalue weighted by atomic mass is 32.1. The molecule has 0 radical (unpaired) electrons. The van der Waals surface area contributed by atoms with Crippen LogP contribution in [-0.2, 0) is 0 Å². The zero-order chi connectivity index (χ0) is 22.0. The molecule has 0 amide bonds. The Morgan fingerprint density at radius 2 is 1.81 bits per heavy atom. The molecule has 7 heteroatoms. The number of pyridine rings is 2. The van der Waals surface area contributed by atoms with Gasteiger partial charge in [0.05, 0.1) is 17.8 Å². The van der Waals surface area contributed by atoms with Crippen LogP contribution in [0.1, 0.15) is 41.1 Å². The quantitative estimate of drug-likeness (QED) is 0.571. The van der Waals surface area contributed by atoms with Gasteiger partial charge in [-0.1, -0.05) is 12.1 Å². The van der Waals surface area contributed by atoms with Gasteiger partial charge in [-0.3, -0.25) is 4.98 Å². The van der Waals surface area contributed by atoms with E-state index in [1.807, 2.05) is 42.7 Å². The highest BCUT2D eigenvalue weighted by Crippen LogP contribution is 2.41. The van der Waals surface area contributed by atoms with Crippen molar-refractivity contribution in [1.82, 2.24) is 29.7 Å². The van der Waals surface area contributed by atoms with Gasteiger partial charge in [0.15, 0.2) is 5.11 Å². The van der Waals surface area contributed by atoms with Crippen LogP contribution in [0.2, 0.25) is 0 Å². The predicted octanol–water partition coefficient (Wildman–Crippen LogP) is 3.81. The van der Waals surface area contributed by atoms with E-state index in [-0.39, 0.29) is 12.1 Å². The number of aromatic nitrogens is 3. The van der Waals surface area contributed by atoms with Crippen LogP contribution < -0.4 is 5.32 Å². The van der Waals surface area contributed by atoms with E-state index in [0.29, 0.717) is 0 Å². The Morgan fingerprint density at radius 1 is 1.06 bits per heavy atom. The first-order chi connectivity index (χ1) is 15.0. The number of thiocarbonyl (C=S) groups is 1. The Hall–Kier alpha value is -2.77. The average molecular weight is 435 g/mol. The summed E-state index contributed by atoms with van der Waals surface area (Å²) in [4.78, 5) is 13.8. The van der Waals surface area contributed by atoms with Crippen molar-refractivity contribution < 1.29 is 0 Å². The van der Waals surface area contributed by atoms with Crippen LogP contribution in [0.4, 0.5) is 0 Å². The van der Waals surface area contributed by atoms with Crippen molar-refractivity contribution in [2.24, 2.45) is 0 Å². The van der Waals surface area contributed by atoms with Gasteiger partial charge in [-0.05, 0) is 89.0 Å². The van der Waals surface area contributed by atoms with Gasteiger partial charge in [-0.2, -0.15) is 0 Å². The molecule has 0 aromatic carbocycles. The molecule has 3 aromatic heterocycles. The molecule has 1 aliphatic rings. The van der Waals surface area contributed by atoms with E-state index in [0.717, 1.165) is 41.8 Å². The molecular weight excluding hydrogens is 404 g/mol. The molecule has 162 valence electrons. The summed E-state index contributed by atoms with van der Waals surface area (Å²) in [7, 11) is 4.21. The van der Waals surface area contributed by atoms with Crippen molar-refractivity contribution in [3.05, 3.63) is 77.5 Å². The van der Waals surface area contributed by atoms with Crippen molar-refractivity contribution >= 4 is 17.3 Å². The second kappa shape index (κ2) is 9.16. The molecule has 0 saturated carbocycles. The molecule has 1 aliphatic heterocycles. The van der Waals surface area contributed by atoms with Crippen molar-refractivity contribution in [3.63, 3.8) is 0 Å². The number of aryl methyl sites for hydroxylation is 1. The fourth-order valence-electron chi connectivity index (χ4n) is 4.47. The van der Waals surface area contributed by atoms with Gasteiger partial charge in [0.1, 0.15) is 5.82 Å². The van der Waals surface area contributed by atoms with Gasteiger partial charge >= 0.3 is 0 Å². The van der Waals surface area contributed by atoms with E-state index in [1.54, 1.807) is 0 Å². The smallest absolute Gasteiger partial charge is 0.170 e. The molecule has 0 bridgehead atoms. The molecule has 3 aromatic rings. The van der Waals surface area contributed by atoms with Gasteiger partial charge in [0.2, 0.25) is 0 Å². The molecule has 4 rings (SSSR count). The molecule has 2 atom stereocenters. The Labute approximate surface area is 189 Å². The number of rotatable bonds is 7. The second-order valence-electron chi connectivity index (χ2n) is 8.33. The molecular formula is C24H30N6S. The maximum atomic E-state index is 5.80. The largest absolute Gasteiger partial charge is 0.352 e. The molecule has 1 fully saturated rings. The molecule has 6 nitrogen and oxygen atoms in total. The summed E-state index contributed by atoms with van der Waals surface area (Å²) in [5, 5.41) is 4.35. The molecule has 0 unspecified atom stereocenters. The number of nitrogens with zero attached hydrogens (tertiary/aromatic N) is 5. The van der Waals surface area contributed by atoms with Crippen LogP contribution in [0.15, 0.2) is 54.9 Å². The first-order valence-electron chi connectivity index (χ1n) is 10.7. The van der Waals surface area contributed by atoms with Gasteiger partial charge in [-0.15, -0.1) is 0 Å². The van der Waals surface area contributed by atoms with E-state index >= 15 is 0 Å². The summed E-state index contributed by atoms with van der Waals surface area (Å²) < 4.78 is 2.23. The van der Waals surface area contributed by atoms with E-state index < -0.39 is 0 Å². The summed E-state index contributed by atoms with van der Waals surface area (Å²) in [6.07, 6.45) is 4.73. The minimum Gasteiger partial charge on any atom is -0.352 e. The third-order valence-corrected chi connectivity index (χ3v) is 6.22. The fraction of sp³-hybridized carbons (Fsp3) is 0.375. The summed E-state index contributed by atoms with van der Waals surface area (Å²) in [6.45, 7) is 6.22. The topological polar surface area (TPSA) is 49.2 Å². The third-order valence-electron chi connectivity index (χ3n) is 5.87. The monoisotopic (exact) mass is 434 g/mol. The standard InChI is InChI=1S/C24H30N6S/c1-17-16-19(18(2)30(17)21-11-6-8-13-26-21)23-22(20-10-5-7-12-25-20)27-24(31)29(23)15-9-14-28(3)4/h5-8,10-13,16,22-23H,9,14-15H2,1-4H3,(H,27,31)/t22-,23-/m0/s1. The van der Waals surface area contributed by atoms with Crippen molar-refractivity contribution in [2.75, 3.05) is 27.2 Å². The Kier molecular flexibility index (Phi) is 6.34. The Bertz CT molecular complexity index is 1030. The van der Waals surface area contributed by atoms with E-state index in [1.165, 1.54) is 11.3 Å². The molecule has 1 saturated heterocycles. The van der Waals surface area contributed by atoms with Crippen molar-refractivity contribution in [2.45, 2.75) is 32.4 Å². The highest BCUT2D eigenvalue weighted by molar-refractivity contribution is 7.80. The number of hydrogen-bond donors (Lipinski definition) is 1. The fourth-order valence-corrected chi connectivity index (χ4v) is 4.80. The minimum atomic E-state index is 0.00531. The summed E-state index contributed by atoms with van der Waals surface area (Å²) in [6, 6.07) is 14.4. The van der Waals surface area contributed by atoms with E-state index in [9.17, 15) is 0 Å². The summed E-state index contributed by atoms with van der Waals surface area (Å²) in [5.74, 6) is 0.936. The average Bonchev–Trinajstić information content (AvgIpc) is 3.24. The van der Waals surface area contributed by atoms with E-state index in [2.05, 4.69) is 69.7 Å². The lowest BCUT2D eigenvalue weighted by Crippen LogP contribution is -2.32. The lowest BCUT2D eigenvalue weighted by molar-refractivity contribution is 0.292.